The van der Waals surface area contributed by atoms with Crippen LogP contribution in [0.1, 0.15) is 25.3 Å². The average Bonchev–Trinajstić information content (AvgIpc) is 3.28. The number of aromatic nitrogens is 2. The van der Waals surface area contributed by atoms with Crippen LogP contribution in [0.3, 0.4) is 0 Å². The van der Waals surface area contributed by atoms with E-state index in [2.05, 4.69) is 10.1 Å². The smallest absolute Gasteiger partial charge is 0.228 e. The Morgan fingerprint density at radius 2 is 1.70 bits per heavy atom. The Kier molecular flexibility index (Phi) is 7.87. The molecule has 0 fully saturated rings. The topological polar surface area (TPSA) is 86.9 Å². The number of carbonyl (C=O) groups is 1. The van der Waals surface area contributed by atoms with Gasteiger partial charge in [-0.2, -0.15) is 4.98 Å². The third kappa shape index (κ3) is 5.79. The Bertz CT molecular complexity index is 1060. The van der Waals surface area contributed by atoms with Crippen molar-refractivity contribution >= 4 is 5.91 Å². The molecule has 1 aromatic heterocycles. The molecule has 0 bridgehead atoms. The first-order chi connectivity index (χ1) is 15.9. The maximum absolute atomic E-state index is 13.1. The van der Waals surface area contributed by atoms with E-state index < -0.39 is 0 Å². The van der Waals surface area contributed by atoms with E-state index >= 15 is 0 Å². The summed E-state index contributed by atoms with van der Waals surface area (Å²) in [6, 6.07) is 9.40. The summed E-state index contributed by atoms with van der Waals surface area (Å²) in [7, 11) is 4.60. The van der Waals surface area contributed by atoms with Crippen LogP contribution < -0.4 is 14.2 Å². The molecule has 0 aliphatic heterocycles. The summed E-state index contributed by atoms with van der Waals surface area (Å²) in [6.45, 7) is 4.30. The Morgan fingerprint density at radius 1 is 1.06 bits per heavy atom. The largest absolute Gasteiger partial charge is 0.493 e. The van der Waals surface area contributed by atoms with Crippen molar-refractivity contribution in [3.05, 3.63) is 53.7 Å². The SMILES string of the molecule is COc1cc(-c2noc(CCN(C(=O)Cc3ccc(F)cc3)C(C)C)n2)cc(OC)c1OC. The number of ether oxygens (including phenoxy) is 3. The highest BCUT2D eigenvalue weighted by Gasteiger charge is 2.20. The number of amides is 1. The van der Waals surface area contributed by atoms with Gasteiger partial charge in [0.25, 0.3) is 0 Å². The second-order valence-corrected chi connectivity index (χ2v) is 7.66. The first-order valence-corrected chi connectivity index (χ1v) is 10.5. The van der Waals surface area contributed by atoms with Crippen LogP contribution in [-0.4, -0.2) is 54.9 Å². The molecule has 1 heterocycles. The van der Waals surface area contributed by atoms with Crippen LogP contribution >= 0.6 is 0 Å². The molecule has 0 atom stereocenters. The zero-order chi connectivity index (χ0) is 24.0. The maximum atomic E-state index is 13.1. The van der Waals surface area contributed by atoms with Crippen molar-refractivity contribution in [1.29, 1.82) is 0 Å². The summed E-state index contributed by atoms with van der Waals surface area (Å²) < 4.78 is 34.6. The fourth-order valence-corrected chi connectivity index (χ4v) is 3.45. The van der Waals surface area contributed by atoms with Crippen LogP contribution in [0.2, 0.25) is 0 Å². The highest BCUT2D eigenvalue weighted by molar-refractivity contribution is 5.79. The molecule has 0 saturated carbocycles. The molecule has 0 radical (unpaired) electrons. The van der Waals surface area contributed by atoms with E-state index in [9.17, 15) is 9.18 Å². The number of benzene rings is 2. The molecule has 0 aliphatic carbocycles. The third-order valence-corrected chi connectivity index (χ3v) is 5.17. The molecule has 8 nitrogen and oxygen atoms in total. The lowest BCUT2D eigenvalue weighted by molar-refractivity contribution is -0.132. The summed E-state index contributed by atoms with van der Waals surface area (Å²) in [5.41, 5.74) is 1.40. The summed E-state index contributed by atoms with van der Waals surface area (Å²) in [6.07, 6.45) is 0.587. The van der Waals surface area contributed by atoms with Crippen molar-refractivity contribution in [2.75, 3.05) is 27.9 Å². The van der Waals surface area contributed by atoms with Crippen molar-refractivity contribution in [2.24, 2.45) is 0 Å². The lowest BCUT2D eigenvalue weighted by Gasteiger charge is -2.26. The van der Waals surface area contributed by atoms with Crippen LogP contribution in [0.25, 0.3) is 11.4 Å². The van der Waals surface area contributed by atoms with Gasteiger partial charge in [0, 0.05) is 24.6 Å². The van der Waals surface area contributed by atoms with E-state index in [-0.39, 0.29) is 24.2 Å². The molecule has 176 valence electrons. The number of rotatable bonds is 10. The Balaban J connectivity index is 1.71. The van der Waals surface area contributed by atoms with Crippen molar-refractivity contribution in [3.63, 3.8) is 0 Å². The minimum Gasteiger partial charge on any atom is -0.493 e. The summed E-state index contributed by atoms with van der Waals surface area (Å²) in [5, 5.41) is 4.06. The lowest BCUT2D eigenvalue weighted by atomic mass is 10.1. The van der Waals surface area contributed by atoms with Crippen LogP contribution in [0.5, 0.6) is 17.2 Å². The van der Waals surface area contributed by atoms with E-state index in [1.807, 2.05) is 13.8 Å². The molecular formula is C24H28FN3O5. The normalized spacial score (nSPS) is 10.9. The van der Waals surface area contributed by atoms with Gasteiger partial charge in [-0.05, 0) is 43.7 Å². The average molecular weight is 458 g/mol. The number of nitrogens with zero attached hydrogens (tertiary/aromatic N) is 3. The molecule has 0 saturated heterocycles. The minimum atomic E-state index is -0.328. The molecule has 0 aliphatic rings. The first-order valence-electron chi connectivity index (χ1n) is 10.5. The molecule has 0 spiro atoms. The van der Waals surface area contributed by atoms with Crippen molar-refractivity contribution < 1.29 is 27.9 Å². The van der Waals surface area contributed by atoms with E-state index in [1.165, 1.54) is 33.5 Å². The first kappa shape index (κ1) is 24.0. The Hall–Kier alpha value is -3.62. The highest BCUT2D eigenvalue weighted by Crippen LogP contribution is 2.40. The molecule has 1 amide bonds. The van der Waals surface area contributed by atoms with Crippen molar-refractivity contribution in [1.82, 2.24) is 15.0 Å². The van der Waals surface area contributed by atoms with E-state index in [0.717, 1.165) is 5.56 Å². The van der Waals surface area contributed by atoms with E-state index in [1.54, 1.807) is 29.2 Å². The predicted octanol–water partition coefficient (Wildman–Crippen LogP) is 3.92. The van der Waals surface area contributed by atoms with Crippen LogP contribution in [0.15, 0.2) is 40.9 Å². The van der Waals surface area contributed by atoms with Gasteiger partial charge in [-0.25, -0.2) is 4.39 Å². The fraction of sp³-hybridized carbons (Fsp3) is 0.375. The Morgan fingerprint density at radius 3 is 2.24 bits per heavy atom. The van der Waals surface area contributed by atoms with E-state index in [4.69, 9.17) is 18.7 Å². The van der Waals surface area contributed by atoms with Gasteiger partial charge in [-0.1, -0.05) is 17.3 Å². The Labute approximate surface area is 192 Å². The molecule has 0 unspecified atom stereocenters. The maximum Gasteiger partial charge on any atom is 0.228 e. The summed E-state index contributed by atoms with van der Waals surface area (Å²) in [4.78, 5) is 19.0. The number of halogens is 1. The zero-order valence-corrected chi connectivity index (χ0v) is 19.4. The van der Waals surface area contributed by atoms with Gasteiger partial charge in [0.2, 0.25) is 23.4 Å². The molecule has 2 aromatic carbocycles. The molecule has 0 N–H and O–H groups in total. The fourth-order valence-electron chi connectivity index (χ4n) is 3.45. The summed E-state index contributed by atoms with van der Waals surface area (Å²) in [5.74, 6) is 1.83. The van der Waals surface area contributed by atoms with Gasteiger partial charge in [0.1, 0.15) is 5.82 Å². The number of hydrogen-bond acceptors (Lipinski definition) is 7. The predicted molar refractivity (Wildman–Crippen MR) is 120 cm³/mol. The number of methoxy groups -OCH3 is 3. The number of carbonyl (C=O) groups excluding carboxylic acids is 1. The van der Waals surface area contributed by atoms with Crippen LogP contribution in [0.4, 0.5) is 4.39 Å². The second kappa shape index (κ2) is 10.8. The van der Waals surface area contributed by atoms with Crippen molar-refractivity contribution in [2.45, 2.75) is 32.7 Å². The van der Waals surface area contributed by atoms with E-state index in [0.29, 0.717) is 47.5 Å². The van der Waals surface area contributed by atoms with Gasteiger partial charge in [-0.15, -0.1) is 0 Å². The van der Waals surface area contributed by atoms with Gasteiger partial charge >= 0.3 is 0 Å². The zero-order valence-electron chi connectivity index (χ0n) is 19.4. The quantitative estimate of drug-likeness (QED) is 0.456. The van der Waals surface area contributed by atoms with Gasteiger partial charge in [0.15, 0.2) is 11.5 Å². The molecule has 9 heteroatoms. The molecule has 3 rings (SSSR count). The second-order valence-electron chi connectivity index (χ2n) is 7.66. The molecular weight excluding hydrogens is 429 g/mol. The minimum absolute atomic E-state index is 0.0181. The van der Waals surface area contributed by atoms with Gasteiger partial charge in [0.05, 0.1) is 27.8 Å². The monoisotopic (exact) mass is 457 g/mol. The standard InChI is InChI=1S/C24H28FN3O5/c1-15(2)28(22(29)12-16-6-8-18(25)9-7-16)11-10-21-26-24(27-33-21)17-13-19(30-3)23(32-5)20(14-17)31-4/h6-9,13-15H,10-12H2,1-5H3. The van der Waals surface area contributed by atoms with Gasteiger partial charge in [-0.3, -0.25) is 4.79 Å². The highest BCUT2D eigenvalue weighted by atomic mass is 19.1. The van der Waals surface area contributed by atoms with Crippen molar-refractivity contribution in [3.8, 4) is 28.6 Å². The molecule has 33 heavy (non-hydrogen) atoms. The number of hydrogen-bond donors (Lipinski definition) is 0. The third-order valence-electron chi connectivity index (χ3n) is 5.17. The van der Waals surface area contributed by atoms with Crippen LogP contribution in [-0.2, 0) is 17.6 Å². The molecule has 3 aromatic rings. The van der Waals surface area contributed by atoms with Crippen LogP contribution in [0, 0.1) is 5.82 Å². The lowest BCUT2D eigenvalue weighted by Crippen LogP contribution is -2.39. The summed E-state index contributed by atoms with van der Waals surface area (Å²) >= 11 is 0. The van der Waals surface area contributed by atoms with Gasteiger partial charge < -0.3 is 23.6 Å².